The van der Waals surface area contributed by atoms with E-state index in [1.165, 1.54) is 22.1 Å². The Hall–Kier alpha value is -9.77. The summed E-state index contributed by atoms with van der Waals surface area (Å²) in [5.41, 5.74) is 12.3. The number of allylic oxidation sites excluding steroid dienone is 1. The summed E-state index contributed by atoms with van der Waals surface area (Å²) in [4.78, 5) is 75.5. The Kier molecular flexibility index (Phi) is 23.8. The Morgan fingerprint density at radius 3 is 1.85 bits per heavy atom. The minimum Gasteiger partial charge on any atom is -0.495 e. The molecule has 9 aromatic rings. The molecule has 4 N–H and O–H groups in total. The van der Waals surface area contributed by atoms with Crippen LogP contribution in [-0.2, 0) is 51.1 Å². The predicted octanol–water partition coefficient (Wildman–Crippen LogP) is 11.4. The number of benzene rings is 3. The molecule has 22 nitrogen and oxygen atoms in total. The summed E-state index contributed by atoms with van der Waals surface area (Å²) in [6.45, 7) is 20.6. The summed E-state index contributed by atoms with van der Waals surface area (Å²) >= 11 is 19.3. The van der Waals surface area contributed by atoms with Crippen LogP contribution in [0.4, 0.5) is 23.5 Å². The molecule has 0 bridgehead atoms. The van der Waals surface area contributed by atoms with Gasteiger partial charge in [-0.05, 0) is 107 Å². The van der Waals surface area contributed by atoms with E-state index in [1.54, 1.807) is 95.8 Å². The van der Waals surface area contributed by atoms with E-state index in [-0.39, 0.29) is 41.9 Å². The highest BCUT2D eigenvalue weighted by Gasteiger charge is 2.29. The number of rotatable bonds is 21. The number of anilines is 4. The zero-order valence-corrected chi connectivity index (χ0v) is 59.8. The fraction of sp³-hybridized carbons (Fsp3) is 0.351. The van der Waals surface area contributed by atoms with E-state index >= 15 is 0 Å². The number of carbonyl (C=O) groups excluding carboxylic acids is 1. The van der Waals surface area contributed by atoms with Gasteiger partial charge in [0.2, 0.25) is 23.8 Å². The number of ether oxygens (including phenoxy) is 3. The van der Waals surface area contributed by atoms with Gasteiger partial charge in [0.1, 0.15) is 19.0 Å². The fourth-order valence-corrected chi connectivity index (χ4v) is 12.9. The number of halogens is 3. The predicted molar refractivity (Wildman–Crippen MR) is 395 cm³/mol. The molecule has 518 valence electrons. The van der Waals surface area contributed by atoms with Crippen LogP contribution in [0.1, 0.15) is 78.0 Å². The van der Waals surface area contributed by atoms with E-state index in [0.717, 1.165) is 94.1 Å². The Morgan fingerprint density at radius 2 is 1.24 bits per heavy atom. The van der Waals surface area contributed by atoms with Gasteiger partial charge in [-0.25, -0.2) is 29.9 Å². The number of nitrogens with one attached hydrogen (secondary N) is 4. The largest absolute Gasteiger partial charge is 0.495 e. The number of fused-ring (bicyclic) bond motifs is 3. The summed E-state index contributed by atoms with van der Waals surface area (Å²) in [6, 6.07) is 23.7. The minimum atomic E-state index is -0.267. The number of carbonyl (C=O) groups is 1. The molecule has 25 heteroatoms. The van der Waals surface area contributed by atoms with Crippen LogP contribution >= 0.6 is 34.8 Å². The van der Waals surface area contributed by atoms with Gasteiger partial charge in [0.15, 0.2) is 11.5 Å². The molecule has 99 heavy (non-hydrogen) atoms. The second kappa shape index (κ2) is 32.7. The Balaban J connectivity index is 0.000000164. The highest BCUT2D eigenvalue weighted by molar-refractivity contribution is 6.31. The van der Waals surface area contributed by atoms with Crippen LogP contribution in [-0.4, -0.2) is 130 Å². The lowest BCUT2D eigenvalue weighted by atomic mass is 9.92. The van der Waals surface area contributed by atoms with Gasteiger partial charge in [0.25, 0.3) is 11.1 Å². The Morgan fingerprint density at radius 1 is 0.677 bits per heavy atom. The van der Waals surface area contributed by atoms with Gasteiger partial charge in [-0.15, -0.1) is 0 Å². The molecule has 3 aliphatic heterocycles. The number of nitrogens with zero attached hydrogens (tertiary/aromatic N) is 12. The zero-order valence-electron chi connectivity index (χ0n) is 57.5. The third-order valence-electron chi connectivity index (χ3n) is 17.6. The van der Waals surface area contributed by atoms with Crippen molar-refractivity contribution in [3.8, 4) is 17.2 Å². The first-order valence-electron chi connectivity index (χ1n) is 32.8. The van der Waals surface area contributed by atoms with E-state index in [1.807, 2.05) is 42.6 Å². The quantitative estimate of drug-likeness (QED) is 0.0523. The maximum absolute atomic E-state index is 12.9. The van der Waals surface area contributed by atoms with Crippen molar-refractivity contribution in [1.82, 2.24) is 59.6 Å². The number of aromatic nitrogens is 9. The van der Waals surface area contributed by atoms with Crippen LogP contribution in [0.5, 0.6) is 17.2 Å². The lowest BCUT2D eigenvalue weighted by Crippen LogP contribution is -2.40. The third kappa shape index (κ3) is 18.1. The average Bonchev–Trinajstić information content (AvgIpc) is 1.69. The highest BCUT2D eigenvalue weighted by atomic mass is 35.5. The van der Waals surface area contributed by atoms with Crippen LogP contribution in [0, 0.1) is 17.8 Å². The molecule has 2 saturated heterocycles. The van der Waals surface area contributed by atoms with Crippen LogP contribution < -0.4 is 56.4 Å². The van der Waals surface area contributed by atoms with E-state index in [2.05, 4.69) is 114 Å². The number of piperidine rings is 2. The van der Waals surface area contributed by atoms with Gasteiger partial charge >= 0.3 is 0 Å². The number of hydrogen-bond acceptors (Lipinski definition) is 19. The van der Waals surface area contributed by atoms with Crippen molar-refractivity contribution in [1.29, 1.82) is 0 Å². The summed E-state index contributed by atoms with van der Waals surface area (Å²) in [5.74, 6) is 4.38. The van der Waals surface area contributed by atoms with E-state index < -0.39 is 0 Å². The maximum Gasteiger partial charge on any atom is 0.293 e. The number of hydrogen-bond donors (Lipinski definition) is 4. The molecule has 6 aromatic heterocycles. The van der Waals surface area contributed by atoms with Gasteiger partial charge in [-0.3, -0.25) is 19.4 Å². The minimum absolute atomic E-state index is 0.0224. The summed E-state index contributed by atoms with van der Waals surface area (Å²) in [7, 11) is 12.1. The number of pyridine rings is 3. The van der Waals surface area contributed by atoms with Gasteiger partial charge < -0.3 is 59.3 Å². The van der Waals surface area contributed by atoms with Crippen molar-refractivity contribution in [2.24, 2.45) is 31.8 Å². The van der Waals surface area contributed by atoms with E-state index in [9.17, 15) is 14.4 Å². The van der Waals surface area contributed by atoms with Crippen LogP contribution in [0.15, 0.2) is 150 Å². The molecular formula is C74H85Cl3N16O6. The monoisotopic (exact) mass is 1400 g/mol. The topological polar surface area (TPSA) is 237 Å². The molecule has 0 aliphatic carbocycles. The second-order valence-corrected chi connectivity index (χ2v) is 26.8. The SMILES string of the molecule is C=C(COc1cc2cc(Cc3nc(N4CCC(C(=O)N(C)C)CC4)ncc3Cl)cc(OC)c2n(C)c1=O)NC.C=C(COc1cc2cc(Cc3nc(N4C[C@H](C)C[C@H](C)C4)ncc3Cl)ccc2n(C)c1=O)NC.C=C1Cc2cc(Cc3nc(NCc4cccnc4)ncc3Cl)ccc2N1. The third-order valence-corrected chi connectivity index (χ3v) is 18.6. The normalized spacial score (nSPS) is 15.0. The second-order valence-electron chi connectivity index (χ2n) is 25.6. The first-order valence-corrected chi connectivity index (χ1v) is 33.9. The van der Waals surface area contributed by atoms with Crippen molar-refractivity contribution in [3.63, 3.8) is 0 Å². The molecule has 12 rings (SSSR count). The van der Waals surface area contributed by atoms with Crippen molar-refractivity contribution in [2.75, 3.05) is 95.1 Å². The Bertz CT molecular complexity index is 4570. The maximum atomic E-state index is 12.9. The summed E-state index contributed by atoms with van der Waals surface area (Å²) in [6.07, 6.45) is 13.8. The van der Waals surface area contributed by atoms with Crippen molar-refractivity contribution in [2.45, 2.75) is 65.3 Å². The van der Waals surface area contributed by atoms with Crippen LogP contribution in [0.3, 0.4) is 0 Å². The number of likely N-dealkylation sites (N-methyl/N-ethyl adjacent to an activating group) is 2. The highest BCUT2D eigenvalue weighted by Crippen LogP contribution is 2.34. The molecule has 0 unspecified atom stereocenters. The van der Waals surface area contributed by atoms with Crippen molar-refractivity contribution >= 4 is 86.0 Å². The number of aryl methyl sites for hydroxylation is 2. The molecular weight excluding hydrogens is 1320 g/mol. The molecule has 9 heterocycles. The van der Waals surface area contributed by atoms with Gasteiger partial charge in [-0.1, -0.05) is 92.7 Å². The lowest BCUT2D eigenvalue weighted by Gasteiger charge is -2.35. The molecule has 3 aromatic carbocycles. The smallest absolute Gasteiger partial charge is 0.293 e. The molecule has 2 fully saturated rings. The number of amides is 1. The lowest BCUT2D eigenvalue weighted by molar-refractivity contribution is -0.133. The van der Waals surface area contributed by atoms with E-state index in [4.69, 9.17) is 59.0 Å². The summed E-state index contributed by atoms with van der Waals surface area (Å²) < 4.78 is 20.2. The molecule has 0 spiro atoms. The molecule has 2 atom stereocenters. The fourth-order valence-electron chi connectivity index (χ4n) is 12.4. The van der Waals surface area contributed by atoms with Crippen molar-refractivity contribution in [3.05, 3.63) is 221 Å². The van der Waals surface area contributed by atoms with Gasteiger partial charge in [0, 0.05) is 153 Å². The standard InChI is InChI=1S/C28H35ClN6O4.C26H32ClN5O2.C20H18ClN5/c1-17(30-2)16-39-24-14-20-11-18(13-23(38-6)25(20)34(5)27(24)37)12-22-21(29)15-31-28(32-22)35-9-7-19(8-10-35)26(36)33(3)4;1-16-8-17(2)14-32(13-16)26-29-12-21(27)22(30-26)10-19-6-7-23-20(9-19)11-24(25(33)31(23)5)34-15-18(3)28-4;1-13-7-16-8-14(4-5-18(16)25-13)9-19-17(21)12-24-20(26-19)23-11-15-3-2-6-22-10-15/h11,13-15,19,30H,1,7-10,12,16H2,2-6H3;6-7,9,11-12,16-17,28H,3,8,10,13-15H2,1-2,4-5H3;2-6,8,10,12,25H,1,7,9,11H2,(H,23,24,26)/t;16-,17+;. The van der Waals surface area contributed by atoms with Crippen molar-refractivity contribution < 1.29 is 19.0 Å². The van der Waals surface area contributed by atoms with Crippen LogP contribution in [0.2, 0.25) is 15.1 Å². The zero-order chi connectivity index (χ0) is 70.6. The molecule has 0 saturated carbocycles. The Labute approximate surface area is 592 Å². The van der Waals surface area contributed by atoms with Gasteiger partial charge in [-0.2, -0.15) is 0 Å². The average molecular weight is 1400 g/mol. The van der Waals surface area contributed by atoms with Crippen LogP contribution in [0.25, 0.3) is 21.8 Å². The van der Waals surface area contributed by atoms with E-state index in [0.29, 0.717) is 112 Å². The first kappa shape index (κ1) is 72.0. The molecule has 3 aliphatic rings. The molecule has 1 amide bonds. The number of methoxy groups -OCH3 is 1. The molecule has 0 radical (unpaired) electrons. The summed E-state index contributed by atoms with van der Waals surface area (Å²) in [5, 5.41) is 15.6. The van der Waals surface area contributed by atoms with Gasteiger partial charge in [0.05, 0.1) is 68.9 Å². The first-order chi connectivity index (χ1) is 47.5.